The fourth-order valence-corrected chi connectivity index (χ4v) is 4.46. The van der Waals surface area contributed by atoms with Crippen molar-refractivity contribution in [3.8, 4) is 0 Å². The molecule has 0 bridgehead atoms. The van der Waals surface area contributed by atoms with E-state index in [1.54, 1.807) is 6.92 Å². The summed E-state index contributed by atoms with van der Waals surface area (Å²) in [7, 11) is -1.90. The molecule has 9 nitrogen and oxygen atoms in total. The largest absolute Gasteiger partial charge is 0.375 e. The second-order valence-corrected chi connectivity index (χ2v) is 9.02. The first kappa shape index (κ1) is 24.1. The predicted octanol–water partition coefficient (Wildman–Crippen LogP) is 2.78. The molecule has 0 fully saturated rings. The van der Waals surface area contributed by atoms with Crippen LogP contribution in [0.3, 0.4) is 0 Å². The van der Waals surface area contributed by atoms with Gasteiger partial charge < -0.3 is 10.2 Å². The number of nitrogens with zero attached hydrogens (tertiary/aromatic N) is 3. The molecule has 0 heterocycles. The quantitative estimate of drug-likeness (QED) is 0.321. The minimum absolute atomic E-state index is 0.0857. The van der Waals surface area contributed by atoms with Crippen molar-refractivity contribution in [2.75, 3.05) is 35.6 Å². The number of carbonyl (C=O) groups excluding carboxylic acids is 1. The highest BCUT2D eigenvalue weighted by molar-refractivity contribution is 7.92. The van der Waals surface area contributed by atoms with Gasteiger partial charge in [0.1, 0.15) is 6.04 Å². The monoisotopic (exact) mass is 448 g/mol. The first-order valence-electron chi connectivity index (χ1n) is 9.93. The summed E-state index contributed by atoms with van der Waals surface area (Å²) in [5.74, 6) is -0.443. The van der Waals surface area contributed by atoms with Gasteiger partial charge in [-0.2, -0.15) is 0 Å². The van der Waals surface area contributed by atoms with E-state index in [-0.39, 0.29) is 17.8 Å². The maximum atomic E-state index is 12.8. The van der Waals surface area contributed by atoms with E-state index in [2.05, 4.69) is 10.2 Å². The molecular formula is C21H28N4O5S. The summed E-state index contributed by atoms with van der Waals surface area (Å²) in [6.07, 6.45) is 1.87. The lowest BCUT2D eigenvalue weighted by Crippen LogP contribution is -2.49. The molecule has 31 heavy (non-hydrogen) atoms. The van der Waals surface area contributed by atoms with Crippen LogP contribution in [0, 0.1) is 10.1 Å². The number of sulfonamides is 1. The zero-order chi connectivity index (χ0) is 23.0. The molecule has 10 heteroatoms. The fourth-order valence-electron chi connectivity index (χ4n) is 3.26. The Kier molecular flexibility index (Phi) is 8.38. The Balaban J connectivity index is 2.07. The molecule has 2 aromatic carbocycles. The Morgan fingerprint density at radius 3 is 2.35 bits per heavy atom. The van der Waals surface area contributed by atoms with E-state index in [1.807, 2.05) is 37.4 Å². The molecule has 1 atom stereocenters. The van der Waals surface area contributed by atoms with Crippen molar-refractivity contribution >= 4 is 33.0 Å². The van der Waals surface area contributed by atoms with Crippen LogP contribution in [-0.2, 0) is 14.8 Å². The summed E-state index contributed by atoms with van der Waals surface area (Å²) in [6.45, 7) is 2.78. The van der Waals surface area contributed by atoms with E-state index in [4.69, 9.17) is 0 Å². The van der Waals surface area contributed by atoms with E-state index in [9.17, 15) is 23.3 Å². The first-order valence-corrected chi connectivity index (χ1v) is 11.8. The van der Waals surface area contributed by atoms with E-state index in [0.717, 1.165) is 22.3 Å². The zero-order valence-corrected chi connectivity index (χ0v) is 18.7. The van der Waals surface area contributed by atoms with Gasteiger partial charge in [-0.15, -0.1) is 0 Å². The Morgan fingerprint density at radius 2 is 1.77 bits per heavy atom. The summed E-state index contributed by atoms with van der Waals surface area (Å²) in [5, 5.41) is 13.9. The number of non-ortho nitro benzene ring substituents is 1. The van der Waals surface area contributed by atoms with E-state index < -0.39 is 26.9 Å². The topological polar surface area (TPSA) is 113 Å². The van der Waals surface area contributed by atoms with E-state index in [1.165, 1.54) is 18.2 Å². The molecule has 0 aromatic heterocycles. The van der Waals surface area contributed by atoms with Crippen LogP contribution >= 0.6 is 0 Å². The van der Waals surface area contributed by atoms with Crippen LogP contribution in [0.4, 0.5) is 17.1 Å². The van der Waals surface area contributed by atoms with Crippen LogP contribution in [0.15, 0.2) is 54.6 Å². The molecule has 0 saturated carbocycles. The fraction of sp³-hybridized carbons (Fsp3) is 0.381. The summed E-state index contributed by atoms with van der Waals surface area (Å²) in [4.78, 5) is 25.4. The number of hydrogen-bond acceptors (Lipinski definition) is 6. The number of hydrogen-bond donors (Lipinski definition) is 1. The number of nitrogens with one attached hydrogen (secondary N) is 1. The van der Waals surface area contributed by atoms with Gasteiger partial charge in [0.2, 0.25) is 15.9 Å². The number of rotatable bonds is 11. The molecule has 0 spiro atoms. The van der Waals surface area contributed by atoms with Gasteiger partial charge in [0.15, 0.2) is 0 Å². The molecule has 1 unspecified atom stereocenters. The van der Waals surface area contributed by atoms with Crippen molar-refractivity contribution in [3.63, 3.8) is 0 Å². The minimum atomic E-state index is -3.86. The normalized spacial score (nSPS) is 12.1. The average Bonchev–Trinajstić information content (AvgIpc) is 2.74. The van der Waals surface area contributed by atoms with E-state index in [0.29, 0.717) is 19.5 Å². The Hall–Kier alpha value is -3.14. The molecule has 0 aliphatic heterocycles. The van der Waals surface area contributed by atoms with Crippen LogP contribution in [0.5, 0.6) is 0 Å². The van der Waals surface area contributed by atoms with E-state index >= 15 is 0 Å². The Labute approximate surface area is 182 Å². The standard InChI is InChI=1S/C21H28N4O5S/c1-4-20(21(26)22-14-9-15-23(2)17-10-6-5-7-11-17)24(31(3,29)30)18-12-8-13-19(16-18)25(27)28/h5-8,10-13,16,20H,4,9,14-15H2,1-3H3,(H,22,26). The molecule has 1 amide bonds. The van der Waals surface area contributed by atoms with Gasteiger partial charge in [0.25, 0.3) is 5.69 Å². The number of carbonyl (C=O) groups is 1. The summed E-state index contributed by atoms with van der Waals surface area (Å²) < 4.78 is 25.9. The lowest BCUT2D eigenvalue weighted by Gasteiger charge is -2.30. The second-order valence-electron chi connectivity index (χ2n) is 7.16. The number of nitro groups is 1. The average molecular weight is 449 g/mol. The lowest BCUT2D eigenvalue weighted by molar-refractivity contribution is -0.384. The van der Waals surface area contributed by atoms with Gasteiger partial charge in [0, 0.05) is 38.0 Å². The molecule has 0 aliphatic carbocycles. The molecule has 2 aromatic rings. The smallest absolute Gasteiger partial charge is 0.271 e. The SMILES string of the molecule is CCC(C(=O)NCCCN(C)c1ccccc1)N(c1cccc([N+](=O)[O-])c1)S(C)(=O)=O. The number of nitro benzene ring substituents is 1. The predicted molar refractivity (Wildman–Crippen MR) is 122 cm³/mol. The van der Waals surface area contributed by atoms with Gasteiger partial charge in [0.05, 0.1) is 16.9 Å². The van der Waals surface area contributed by atoms with Gasteiger partial charge >= 0.3 is 0 Å². The van der Waals surface area contributed by atoms with Crippen molar-refractivity contribution in [3.05, 3.63) is 64.7 Å². The third-order valence-corrected chi connectivity index (χ3v) is 5.97. The molecule has 0 aliphatic rings. The third-order valence-electron chi connectivity index (χ3n) is 4.79. The number of amides is 1. The number of para-hydroxylation sites is 1. The zero-order valence-electron chi connectivity index (χ0n) is 17.9. The molecular weight excluding hydrogens is 420 g/mol. The summed E-state index contributed by atoms with van der Waals surface area (Å²) in [6, 6.07) is 14.1. The minimum Gasteiger partial charge on any atom is -0.375 e. The molecule has 2 rings (SSSR count). The molecule has 168 valence electrons. The van der Waals surface area contributed by atoms with Crippen LogP contribution < -0.4 is 14.5 Å². The van der Waals surface area contributed by atoms with Gasteiger partial charge in [-0.25, -0.2) is 8.42 Å². The lowest BCUT2D eigenvalue weighted by atomic mass is 10.1. The highest BCUT2D eigenvalue weighted by atomic mass is 32.2. The van der Waals surface area contributed by atoms with Crippen molar-refractivity contribution in [2.45, 2.75) is 25.8 Å². The van der Waals surface area contributed by atoms with Crippen LogP contribution in [0.25, 0.3) is 0 Å². The van der Waals surface area contributed by atoms with Crippen molar-refractivity contribution in [1.82, 2.24) is 5.32 Å². The van der Waals surface area contributed by atoms with Crippen LogP contribution in [0.2, 0.25) is 0 Å². The third kappa shape index (κ3) is 6.68. The van der Waals surface area contributed by atoms with Crippen molar-refractivity contribution in [2.24, 2.45) is 0 Å². The van der Waals surface area contributed by atoms with Crippen LogP contribution in [-0.4, -0.2) is 51.7 Å². The second kappa shape index (κ2) is 10.8. The highest BCUT2D eigenvalue weighted by Crippen LogP contribution is 2.26. The summed E-state index contributed by atoms with van der Waals surface area (Å²) in [5.41, 5.74) is 0.905. The van der Waals surface area contributed by atoms with Gasteiger partial charge in [-0.3, -0.25) is 19.2 Å². The van der Waals surface area contributed by atoms with Crippen molar-refractivity contribution < 1.29 is 18.1 Å². The van der Waals surface area contributed by atoms with Gasteiger partial charge in [-0.05, 0) is 31.0 Å². The first-order chi connectivity index (χ1) is 14.6. The molecule has 1 N–H and O–H groups in total. The Bertz CT molecular complexity index is 998. The van der Waals surface area contributed by atoms with Crippen LogP contribution in [0.1, 0.15) is 19.8 Å². The maximum absolute atomic E-state index is 12.8. The maximum Gasteiger partial charge on any atom is 0.271 e. The molecule has 0 saturated heterocycles. The van der Waals surface area contributed by atoms with Crippen molar-refractivity contribution in [1.29, 1.82) is 0 Å². The van der Waals surface area contributed by atoms with Gasteiger partial charge in [-0.1, -0.05) is 31.2 Å². The Morgan fingerprint density at radius 1 is 1.13 bits per heavy atom. The number of anilines is 2. The number of benzene rings is 2. The highest BCUT2D eigenvalue weighted by Gasteiger charge is 2.32. The molecule has 0 radical (unpaired) electrons. The summed E-state index contributed by atoms with van der Waals surface area (Å²) >= 11 is 0.